The lowest BCUT2D eigenvalue weighted by Crippen LogP contribution is -2.30. The zero-order chi connectivity index (χ0) is 14.7. The average Bonchev–Trinajstić information content (AvgIpc) is 2.96. The highest BCUT2D eigenvalue weighted by Gasteiger charge is 2.22. The van der Waals surface area contributed by atoms with Gasteiger partial charge in [-0.05, 0) is 36.6 Å². The van der Waals surface area contributed by atoms with Gasteiger partial charge in [-0.3, -0.25) is 0 Å². The van der Waals surface area contributed by atoms with Crippen molar-refractivity contribution in [3.8, 4) is 0 Å². The zero-order valence-corrected chi connectivity index (χ0v) is 13.7. The summed E-state index contributed by atoms with van der Waals surface area (Å²) in [5, 5.41) is 10.2. The van der Waals surface area contributed by atoms with E-state index in [4.69, 9.17) is 4.98 Å². The summed E-state index contributed by atoms with van der Waals surface area (Å²) in [5.74, 6) is 2.46. The first-order chi connectivity index (χ1) is 10.3. The average molecular weight is 304 g/mol. The highest BCUT2D eigenvalue weighted by atomic mass is 32.1. The van der Waals surface area contributed by atoms with Crippen LogP contribution in [0.4, 0.5) is 11.8 Å². The minimum absolute atomic E-state index is 0.538. The molecule has 0 aliphatic heterocycles. The highest BCUT2D eigenvalue weighted by Crippen LogP contribution is 2.31. The van der Waals surface area contributed by atoms with Crippen molar-refractivity contribution in [2.75, 3.05) is 17.2 Å². The summed E-state index contributed by atoms with van der Waals surface area (Å²) in [4.78, 5) is 10.4. The van der Waals surface area contributed by atoms with Crippen LogP contribution < -0.4 is 10.6 Å². The van der Waals surface area contributed by atoms with E-state index in [2.05, 4.69) is 40.9 Å². The Bertz CT molecular complexity index is 595. The smallest absolute Gasteiger partial charge is 0.226 e. The van der Waals surface area contributed by atoms with Gasteiger partial charge in [0.15, 0.2) is 0 Å². The van der Waals surface area contributed by atoms with Crippen molar-refractivity contribution in [3.63, 3.8) is 0 Å². The van der Waals surface area contributed by atoms with Gasteiger partial charge in [0, 0.05) is 12.6 Å². The summed E-state index contributed by atoms with van der Waals surface area (Å²) >= 11 is 1.68. The fourth-order valence-corrected chi connectivity index (χ4v) is 3.75. The molecule has 0 spiro atoms. The number of thiophene rings is 1. The number of nitrogens with one attached hydrogen (secondary N) is 2. The first-order valence-corrected chi connectivity index (χ1v) is 8.91. The minimum Gasteiger partial charge on any atom is -0.366 e. The molecule has 3 rings (SSSR count). The molecule has 5 heteroatoms. The SMILES string of the molecule is CCCNc1nc(NC2CCCCC2C)c2ccsc2n1. The Hall–Kier alpha value is -1.36. The molecule has 1 aliphatic carbocycles. The van der Waals surface area contributed by atoms with Crippen LogP contribution in [0.3, 0.4) is 0 Å². The van der Waals surface area contributed by atoms with E-state index >= 15 is 0 Å². The van der Waals surface area contributed by atoms with Crippen LogP contribution in [-0.4, -0.2) is 22.6 Å². The summed E-state index contributed by atoms with van der Waals surface area (Å²) in [6.45, 7) is 5.41. The maximum atomic E-state index is 4.71. The monoisotopic (exact) mass is 304 g/mol. The van der Waals surface area contributed by atoms with E-state index in [0.29, 0.717) is 6.04 Å². The van der Waals surface area contributed by atoms with Crippen LogP contribution in [0.15, 0.2) is 11.4 Å². The molecule has 2 atom stereocenters. The first kappa shape index (κ1) is 14.6. The van der Waals surface area contributed by atoms with Gasteiger partial charge in [-0.25, -0.2) is 4.98 Å². The third-order valence-electron chi connectivity index (χ3n) is 4.29. The zero-order valence-electron chi connectivity index (χ0n) is 12.9. The van der Waals surface area contributed by atoms with Crippen LogP contribution in [0.1, 0.15) is 46.0 Å². The maximum Gasteiger partial charge on any atom is 0.226 e. The summed E-state index contributed by atoms with van der Waals surface area (Å²) < 4.78 is 0. The fraction of sp³-hybridized carbons (Fsp3) is 0.625. The van der Waals surface area contributed by atoms with Crippen LogP contribution in [-0.2, 0) is 0 Å². The third-order valence-corrected chi connectivity index (χ3v) is 5.10. The molecular weight excluding hydrogens is 280 g/mol. The van der Waals surface area contributed by atoms with Gasteiger partial charge in [-0.15, -0.1) is 11.3 Å². The lowest BCUT2D eigenvalue weighted by molar-refractivity contribution is 0.349. The number of hydrogen-bond donors (Lipinski definition) is 2. The number of anilines is 2. The molecule has 1 fully saturated rings. The van der Waals surface area contributed by atoms with Crippen LogP contribution in [0.2, 0.25) is 0 Å². The lowest BCUT2D eigenvalue weighted by atomic mass is 9.86. The minimum atomic E-state index is 0.538. The number of aromatic nitrogens is 2. The van der Waals surface area contributed by atoms with Crippen molar-refractivity contribution < 1.29 is 0 Å². The number of nitrogens with zero attached hydrogens (tertiary/aromatic N) is 2. The van der Waals surface area contributed by atoms with Gasteiger partial charge in [0.1, 0.15) is 10.6 Å². The second-order valence-electron chi connectivity index (χ2n) is 5.97. The predicted octanol–water partition coefficient (Wildman–Crippen LogP) is 4.50. The van der Waals surface area contributed by atoms with E-state index < -0.39 is 0 Å². The molecular formula is C16H24N4S. The van der Waals surface area contributed by atoms with Crippen LogP contribution in [0.5, 0.6) is 0 Å². The topological polar surface area (TPSA) is 49.8 Å². The molecule has 114 valence electrons. The molecule has 0 radical (unpaired) electrons. The number of fused-ring (bicyclic) bond motifs is 1. The van der Waals surface area contributed by atoms with Gasteiger partial charge in [-0.1, -0.05) is 26.7 Å². The van der Waals surface area contributed by atoms with Gasteiger partial charge in [-0.2, -0.15) is 4.98 Å². The Balaban J connectivity index is 1.86. The van der Waals surface area contributed by atoms with E-state index in [1.807, 2.05) is 0 Å². The Labute approximate surface area is 130 Å². The Morgan fingerprint density at radius 3 is 2.95 bits per heavy atom. The molecule has 0 aromatic carbocycles. The Kier molecular flexibility index (Phi) is 4.58. The van der Waals surface area contributed by atoms with Gasteiger partial charge in [0.25, 0.3) is 0 Å². The molecule has 2 N–H and O–H groups in total. The van der Waals surface area contributed by atoms with Crippen molar-refractivity contribution in [2.45, 2.75) is 52.0 Å². The standard InChI is InChI=1S/C16H24N4S/c1-3-9-17-16-19-14(12-8-10-21-15(12)20-16)18-13-7-5-4-6-11(13)2/h8,10-11,13H,3-7,9H2,1-2H3,(H2,17,18,19,20). The summed E-state index contributed by atoms with van der Waals surface area (Å²) in [6, 6.07) is 2.66. The van der Waals surface area contributed by atoms with E-state index in [1.165, 1.54) is 25.7 Å². The number of rotatable bonds is 5. The van der Waals surface area contributed by atoms with Gasteiger partial charge >= 0.3 is 0 Å². The maximum absolute atomic E-state index is 4.71. The second-order valence-corrected chi connectivity index (χ2v) is 6.87. The predicted molar refractivity (Wildman–Crippen MR) is 91.2 cm³/mol. The Morgan fingerprint density at radius 2 is 2.14 bits per heavy atom. The third kappa shape index (κ3) is 3.28. The molecule has 1 saturated carbocycles. The van der Waals surface area contributed by atoms with Gasteiger partial charge in [0.05, 0.1) is 5.39 Å². The second kappa shape index (κ2) is 6.60. The molecule has 2 heterocycles. The molecule has 0 bridgehead atoms. The molecule has 0 saturated heterocycles. The normalized spacial score (nSPS) is 22.4. The van der Waals surface area contributed by atoms with E-state index in [0.717, 1.165) is 40.9 Å². The summed E-state index contributed by atoms with van der Waals surface area (Å²) in [6.07, 6.45) is 6.32. The highest BCUT2D eigenvalue weighted by molar-refractivity contribution is 7.16. The summed E-state index contributed by atoms with van der Waals surface area (Å²) in [5.41, 5.74) is 0. The van der Waals surface area contributed by atoms with E-state index in [-0.39, 0.29) is 0 Å². The molecule has 0 amide bonds. The van der Waals surface area contributed by atoms with Gasteiger partial charge < -0.3 is 10.6 Å². The van der Waals surface area contributed by atoms with Crippen LogP contribution in [0, 0.1) is 5.92 Å². The fourth-order valence-electron chi connectivity index (χ4n) is 2.99. The lowest BCUT2D eigenvalue weighted by Gasteiger charge is -2.30. The quantitative estimate of drug-likeness (QED) is 0.853. The molecule has 4 nitrogen and oxygen atoms in total. The first-order valence-electron chi connectivity index (χ1n) is 8.03. The molecule has 2 aromatic heterocycles. The van der Waals surface area contributed by atoms with Crippen molar-refractivity contribution in [1.82, 2.24) is 9.97 Å². The van der Waals surface area contributed by atoms with Gasteiger partial charge in [0.2, 0.25) is 5.95 Å². The van der Waals surface area contributed by atoms with Crippen molar-refractivity contribution in [3.05, 3.63) is 11.4 Å². The molecule has 2 unspecified atom stereocenters. The van der Waals surface area contributed by atoms with Crippen LogP contribution >= 0.6 is 11.3 Å². The number of hydrogen-bond acceptors (Lipinski definition) is 5. The van der Waals surface area contributed by atoms with E-state index in [1.54, 1.807) is 11.3 Å². The molecule has 1 aliphatic rings. The van der Waals surface area contributed by atoms with E-state index in [9.17, 15) is 0 Å². The summed E-state index contributed by atoms with van der Waals surface area (Å²) in [7, 11) is 0. The van der Waals surface area contributed by atoms with Crippen molar-refractivity contribution in [2.24, 2.45) is 5.92 Å². The molecule has 21 heavy (non-hydrogen) atoms. The molecule has 2 aromatic rings. The van der Waals surface area contributed by atoms with Crippen molar-refractivity contribution in [1.29, 1.82) is 0 Å². The Morgan fingerprint density at radius 1 is 1.29 bits per heavy atom. The van der Waals surface area contributed by atoms with Crippen LogP contribution in [0.25, 0.3) is 10.2 Å². The van der Waals surface area contributed by atoms with Crippen molar-refractivity contribution >= 4 is 33.3 Å². The largest absolute Gasteiger partial charge is 0.366 e.